The molecule has 0 saturated carbocycles. The Kier molecular flexibility index (Phi) is 4.78. The Bertz CT molecular complexity index is 469. The number of rotatable bonds is 4. The number of nitrogens with one attached hydrogen (secondary N) is 2. The van der Waals surface area contributed by atoms with E-state index in [1.54, 1.807) is 0 Å². The number of hydrogen-bond donors (Lipinski definition) is 3. The lowest BCUT2D eigenvalue weighted by atomic mass is 10.2. The van der Waals surface area contributed by atoms with Gasteiger partial charge in [0, 0.05) is 24.5 Å². The fraction of sp³-hybridized carbons (Fsp3) is 0.385. The van der Waals surface area contributed by atoms with Crippen molar-refractivity contribution >= 4 is 23.3 Å². The molecule has 0 radical (unpaired) electrons. The minimum Gasteiger partial charge on any atom is -0.378 e. The van der Waals surface area contributed by atoms with Gasteiger partial charge in [-0.3, -0.25) is 10.1 Å². The largest absolute Gasteiger partial charge is 0.378 e. The average molecular weight is 278 g/mol. The lowest BCUT2D eigenvalue weighted by molar-refractivity contribution is -0.118. The Hall–Kier alpha value is -2.28. The summed E-state index contributed by atoms with van der Waals surface area (Å²) >= 11 is 0. The molecule has 0 aromatic heterocycles. The molecule has 1 heterocycles. The zero-order valence-corrected chi connectivity index (χ0v) is 11.1. The Morgan fingerprint density at radius 1 is 1.20 bits per heavy atom. The molecule has 20 heavy (non-hydrogen) atoms. The second-order valence-corrected chi connectivity index (χ2v) is 4.41. The highest BCUT2D eigenvalue weighted by atomic mass is 16.5. The minimum absolute atomic E-state index is 0.000158. The van der Waals surface area contributed by atoms with Gasteiger partial charge in [0.1, 0.15) is 0 Å². The summed E-state index contributed by atoms with van der Waals surface area (Å²) in [5.41, 5.74) is 6.78. The summed E-state index contributed by atoms with van der Waals surface area (Å²) in [5, 5.41) is 4.91. The van der Waals surface area contributed by atoms with Crippen LogP contribution in [0.15, 0.2) is 24.3 Å². The van der Waals surface area contributed by atoms with E-state index in [0.717, 1.165) is 37.7 Å². The van der Waals surface area contributed by atoms with Crippen molar-refractivity contribution < 1.29 is 14.3 Å². The van der Waals surface area contributed by atoms with E-state index in [9.17, 15) is 9.59 Å². The monoisotopic (exact) mass is 278 g/mol. The van der Waals surface area contributed by atoms with E-state index in [4.69, 9.17) is 10.5 Å². The van der Waals surface area contributed by atoms with Crippen LogP contribution in [0.5, 0.6) is 0 Å². The number of hydrogen-bond acceptors (Lipinski definition) is 5. The number of urea groups is 1. The highest BCUT2D eigenvalue weighted by Crippen LogP contribution is 2.18. The van der Waals surface area contributed by atoms with Crippen molar-refractivity contribution in [3.05, 3.63) is 24.3 Å². The van der Waals surface area contributed by atoms with Gasteiger partial charge >= 0.3 is 6.03 Å². The maximum absolute atomic E-state index is 11.2. The third kappa shape index (κ3) is 4.13. The topological polar surface area (TPSA) is 96.7 Å². The summed E-state index contributed by atoms with van der Waals surface area (Å²) in [6, 6.07) is 6.91. The molecule has 1 fully saturated rings. The number of anilines is 2. The first-order chi connectivity index (χ1) is 9.65. The molecular formula is C13H18N4O3. The van der Waals surface area contributed by atoms with E-state index < -0.39 is 11.9 Å². The van der Waals surface area contributed by atoms with Crippen LogP contribution in [0.1, 0.15) is 0 Å². The van der Waals surface area contributed by atoms with E-state index in [2.05, 4.69) is 10.2 Å². The normalized spacial score (nSPS) is 14.7. The van der Waals surface area contributed by atoms with E-state index in [1.807, 2.05) is 29.6 Å². The highest BCUT2D eigenvalue weighted by Gasteiger charge is 2.10. The smallest absolute Gasteiger partial charge is 0.318 e. The number of carbonyl (C=O) groups excluding carboxylic acids is 2. The number of nitrogens with zero attached hydrogens (tertiary/aromatic N) is 1. The van der Waals surface area contributed by atoms with Gasteiger partial charge < -0.3 is 20.7 Å². The molecule has 7 nitrogen and oxygen atoms in total. The van der Waals surface area contributed by atoms with Crippen LogP contribution in [0.3, 0.4) is 0 Å². The number of carbonyl (C=O) groups is 2. The maximum Gasteiger partial charge on any atom is 0.318 e. The molecule has 0 aliphatic carbocycles. The molecule has 0 spiro atoms. The van der Waals surface area contributed by atoms with Crippen LogP contribution >= 0.6 is 0 Å². The van der Waals surface area contributed by atoms with Crippen LogP contribution in [0.25, 0.3) is 0 Å². The first kappa shape index (κ1) is 14.1. The van der Waals surface area contributed by atoms with Crippen molar-refractivity contribution in [3.8, 4) is 0 Å². The summed E-state index contributed by atoms with van der Waals surface area (Å²) in [4.78, 5) is 24.0. The van der Waals surface area contributed by atoms with Gasteiger partial charge in [-0.2, -0.15) is 0 Å². The lowest BCUT2D eigenvalue weighted by Crippen LogP contribution is -2.38. The Labute approximate surface area is 117 Å². The molecule has 0 unspecified atom stereocenters. The molecule has 1 aromatic carbocycles. The summed E-state index contributed by atoms with van der Waals surface area (Å²) in [5.74, 6) is -0.463. The van der Waals surface area contributed by atoms with Gasteiger partial charge in [-0.1, -0.05) is 0 Å². The summed E-state index contributed by atoms with van der Waals surface area (Å²) in [6.45, 7) is 3.25. The molecule has 1 aliphatic rings. The van der Waals surface area contributed by atoms with Crippen molar-refractivity contribution in [3.63, 3.8) is 0 Å². The third-order valence-electron chi connectivity index (χ3n) is 2.96. The van der Waals surface area contributed by atoms with Crippen molar-refractivity contribution in [2.24, 2.45) is 5.73 Å². The fourth-order valence-electron chi connectivity index (χ4n) is 1.98. The van der Waals surface area contributed by atoms with E-state index in [0.29, 0.717) is 0 Å². The molecule has 7 heteroatoms. The molecule has 0 atom stereocenters. The van der Waals surface area contributed by atoms with Crippen molar-refractivity contribution in [2.75, 3.05) is 43.1 Å². The second kappa shape index (κ2) is 6.76. The Morgan fingerprint density at radius 2 is 1.85 bits per heavy atom. The van der Waals surface area contributed by atoms with Gasteiger partial charge in [0.2, 0.25) is 5.91 Å². The number of primary amides is 1. The van der Waals surface area contributed by atoms with E-state index in [1.165, 1.54) is 0 Å². The van der Waals surface area contributed by atoms with Gasteiger partial charge in [0.15, 0.2) is 0 Å². The van der Waals surface area contributed by atoms with E-state index in [-0.39, 0.29) is 6.54 Å². The Balaban J connectivity index is 1.85. The van der Waals surface area contributed by atoms with Crippen LogP contribution in [0.2, 0.25) is 0 Å². The van der Waals surface area contributed by atoms with Crippen LogP contribution in [-0.4, -0.2) is 44.8 Å². The molecule has 1 aliphatic heterocycles. The van der Waals surface area contributed by atoms with Crippen molar-refractivity contribution in [1.82, 2.24) is 5.32 Å². The highest BCUT2D eigenvalue weighted by molar-refractivity contribution is 5.95. The van der Waals surface area contributed by atoms with Crippen molar-refractivity contribution in [1.29, 1.82) is 0 Å². The predicted molar refractivity (Wildman–Crippen MR) is 75.7 cm³/mol. The average Bonchev–Trinajstić information content (AvgIpc) is 2.46. The van der Waals surface area contributed by atoms with Gasteiger partial charge in [0.05, 0.1) is 19.8 Å². The van der Waals surface area contributed by atoms with Crippen molar-refractivity contribution in [2.45, 2.75) is 0 Å². The standard InChI is InChI=1S/C13H18N4O3/c14-13(19)16-12(18)9-15-10-1-3-11(4-2-10)17-5-7-20-8-6-17/h1-4,15H,5-9H2,(H3,14,16,18,19). The Morgan fingerprint density at radius 3 is 2.45 bits per heavy atom. The summed E-state index contributed by atoms with van der Waals surface area (Å²) in [6.07, 6.45) is 0. The molecule has 108 valence electrons. The second-order valence-electron chi connectivity index (χ2n) is 4.41. The maximum atomic E-state index is 11.2. The number of benzene rings is 1. The number of imide groups is 1. The van der Waals surface area contributed by atoms with Crippen LogP contribution in [0.4, 0.5) is 16.2 Å². The van der Waals surface area contributed by atoms with Crippen LogP contribution < -0.4 is 21.3 Å². The molecule has 0 bridgehead atoms. The fourth-order valence-corrected chi connectivity index (χ4v) is 1.98. The summed E-state index contributed by atoms with van der Waals surface area (Å²) < 4.78 is 5.31. The SMILES string of the molecule is NC(=O)NC(=O)CNc1ccc(N2CCOCC2)cc1. The molecule has 1 aromatic rings. The zero-order valence-electron chi connectivity index (χ0n) is 11.1. The number of morpholine rings is 1. The third-order valence-corrected chi connectivity index (χ3v) is 2.96. The first-order valence-corrected chi connectivity index (χ1v) is 6.41. The van der Waals surface area contributed by atoms with Gasteiger partial charge in [0.25, 0.3) is 0 Å². The number of amides is 3. The summed E-state index contributed by atoms with van der Waals surface area (Å²) in [7, 11) is 0. The molecular weight excluding hydrogens is 260 g/mol. The number of nitrogens with two attached hydrogens (primary N) is 1. The van der Waals surface area contributed by atoms with Gasteiger partial charge in [-0.05, 0) is 24.3 Å². The van der Waals surface area contributed by atoms with Crippen LogP contribution in [0, 0.1) is 0 Å². The minimum atomic E-state index is -0.848. The lowest BCUT2D eigenvalue weighted by Gasteiger charge is -2.28. The predicted octanol–water partition coefficient (Wildman–Crippen LogP) is 0.130. The molecule has 4 N–H and O–H groups in total. The quantitative estimate of drug-likeness (QED) is 0.727. The molecule has 2 rings (SSSR count). The van der Waals surface area contributed by atoms with E-state index >= 15 is 0 Å². The van der Waals surface area contributed by atoms with Gasteiger partial charge in [-0.25, -0.2) is 4.79 Å². The zero-order chi connectivity index (χ0) is 14.4. The van der Waals surface area contributed by atoms with Crippen LogP contribution in [-0.2, 0) is 9.53 Å². The molecule has 3 amide bonds. The molecule has 1 saturated heterocycles. The number of ether oxygens (including phenoxy) is 1. The first-order valence-electron chi connectivity index (χ1n) is 6.41. The van der Waals surface area contributed by atoms with Gasteiger partial charge in [-0.15, -0.1) is 0 Å².